The first-order chi connectivity index (χ1) is 16.6. The van der Waals surface area contributed by atoms with Crippen molar-refractivity contribution in [2.75, 3.05) is 44.2 Å². The highest BCUT2D eigenvalue weighted by Crippen LogP contribution is 2.36. The lowest BCUT2D eigenvalue weighted by Crippen LogP contribution is -2.54. The molecule has 0 aromatic heterocycles. The number of rotatable bonds is 8. The third-order valence-electron chi connectivity index (χ3n) is 7.74. The van der Waals surface area contributed by atoms with Crippen molar-refractivity contribution in [3.63, 3.8) is 0 Å². The average molecular weight is 501 g/mol. The molecule has 34 heavy (non-hydrogen) atoms. The van der Waals surface area contributed by atoms with Crippen LogP contribution in [-0.2, 0) is 4.79 Å². The maximum Gasteiger partial charge on any atom is 0.242 e. The fourth-order valence-electron chi connectivity index (χ4n) is 5.72. The molecule has 1 aliphatic carbocycles. The maximum atomic E-state index is 13.9. The van der Waals surface area contributed by atoms with Crippen LogP contribution in [0.15, 0.2) is 48.5 Å². The minimum absolute atomic E-state index is 0.221. The Labute approximate surface area is 213 Å². The van der Waals surface area contributed by atoms with Crippen molar-refractivity contribution in [3.8, 4) is 0 Å². The largest absolute Gasteiger partial charge is 0.362 e. The molecule has 2 atom stereocenters. The second-order valence-corrected chi connectivity index (χ2v) is 11.1. The van der Waals surface area contributed by atoms with Crippen LogP contribution < -0.4 is 4.90 Å². The van der Waals surface area contributed by atoms with Gasteiger partial charge in [-0.05, 0) is 81.3 Å². The number of anilines is 1. The van der Waals surface area contributed by atoms with Crippen molar-refractivity contribution < 1.29 is 4.79 Å². The second-order valence-electron chi connectivity index (χ2n) is 10.2. The topological polar surface area (TPSA) is 26.8 Å². The molecular weight excluding hydrogens is 465 g/mol. The van der Waals surface area contributed by atoms with Gasteiger partial charge in [-0.15, -0.1) is 0 Å². The van der Waals surface area contributed by atoms with E-state index in [2.05, 4.69) is 45.0 Å². The maximum absolute atomic E-state index is 13.9. The van der Waals surface area contributed by atoms with Crippen LogP contribution in [0.5, 0.6) is 0 Å². The van der Waals surface area contributed by atoms with Gasteiger partial charge >= 0.3 is 0 Å². The van der Waals surface area contributed by atoms with Gasteiger partial charge < -0.3 is 14.7 Å². The van der Waals surface area contributed by atoms with Crippen LogP contribution in [0.25, 0.3) is 0 Å². The fraction of sp³-hybridized carbons (Fsp3) is 0.536. The van der Waals surface area contributed by atoms with Gasteiger partial charge in [0.2, 0.25) is 5.91 Å². The summed E-state index contributed by atoms with van der Waals surface area (Å²) in [6.45, 7) is 5.41. The Bertz CT molecular complexity index is 975. The lowest BCUT2D eigenvalue weighted by molar-refractivity contribution is -0.134. The van der Waals surface area contributed by atoms with Crippen LogP contribution in [0.4, 0.5) is 5.69 Å². The van der Waals surface area contributed by atoms with Gasteiger partial charge in [0.05, 0.1) is 22.6 Å². The molecule has 5 rings (SSSR count). The number of halogens is 2. The van der Waals surface area contributed by atoms with Crippen molar-refractivity contribution >= 4 is 34.8 Å². The molecule has 0 radical (unpaired) electrons. The summed E-state index contributed by atoms with van der Waals surface area (Å²) in [5.74, 6) is 1.29. The average Bonchev–Trinajstić information content (AvgIpc) is 3.53. The van der Waals surface area contributed by atoms with Gasteiger partial charge in [0.25, 0.3) is 0 Å². The van der Waals surface area contributed by atoms with Crippen LogP contribution in [-0.4, -0.2) is 61.0 Å². The van der Waals surface area contributed by atoms with Crippen LogP contribution in [0, 0.1) is 5.92 Å². The van der Waals surface area contributed by atoms with E-state index >= 15 is 0 Å². The molecule has 2 aliphatic heterocycles. The molecule has 0 N–H and O–H groups in total. The number of hydrogen-bond donors (Lipinski definition) is 0. The second kappa shape index (κ2) is 10.9. The summed E-state index contributed by atoms with van der Waals surface area (Å²) >= 11 is 12.5. The van der Waals surface area contributed by atoms with E-state index in [9.17, 15) is 4.79 Å². The first-order valence-corrected chi connectivity index (χ1v) is 13.6. The minimum Gasteiger partial charge on any atom is -0.362 e. The summed E-state index contributed by atoms with van der Waals surface area (Å²) in [6.07, 6.45) is 7.21. The lowest BCUT2D eigenvalue weighted by atomic mass is 9.83. The quantitative estimate of drug-likeness (QED) is 0.440. The van der Waals surface area contributed by atoms with E-state index in [1.807, 2.05) is 18.2 Å². The molecule has 1 amide bonds. The zero-order chi connectivity index (χ0) is 23.5. The van der Waals surface area contributed by atoms with Gasteiger partial charge in [-0.25, -0.2) is 0 Å². The Morgan fingerprint density at radius 2 is 1.68 bits per heavy atom. The molecule has 2 heterocycles. The molecule has 0 bridgehead atoms. The monoisotopic (exact) mass is 499 g/mol. The molecule has 4 nitrogen and oxygen atoms in total. The first-order valence-electron chi connectivity index (χ1n) is 12.9. The number of nitrogens with zero attached hydrogens (tertiary/aromatic N) is 3. The van der Waals surface area contributed by atoms with Crippen LogP contribution >= 0.6 is 23.2 Å². The van der Waals surface area contributed by atoms with E-state index in [-0.39, 0.29) is 11.9 Å². The standard InChI is InChI=1S/C28H35Cl2N3O/c29-25-13-12-23(17-26(25)30)32(18-21-10-11-21)20-28(34)33-16-6-9-24(22-7-2-1-3-8-22)27(33)19-31-14-4-5-15-31/h1-3,7-8,12-13,17,21,24,27H,4-6,9-11,14-16,18-20H2/t24-,27+/m1/s1. The van der Waals surface area contributed by atoms with Crippen molar-refractivity contribution in [2.24, 2.45) is 5.92 Å². The highest BCUT2D eigenvalue weighted by atomic mass is 35.5. The number of carbonyl (C=O) groups excluding carboxylic acids is 1. The highest BCUT2D eigenvalue weighted by molar-refractivity contribution is 6.42. The van der Waals surface area contributed by atoms with Crippen molar-refractivity contribution in [1.29, 1.82) is 0 Å². The molecule has 3 aliphatic rings. The van der Waals surface area contributed by atoms with Crippen LogP contribution in [0.1, 0.15) is 50.0 Å². The summed E-state index contributed by atoms with van der Waals surface area (Å²) < 4.78 is 0. The molecule has 2 aromatic rings. The Morgan fingerprint density at radius 3 is 2.38 bits per heavy atom. The van der Waals surface area contributed by atoms with Gasteiger partial charge in [0.15, 0.2) is 0 Å². The number of amides is 1. The predicted molar refractivity (Wildman–Crippen MR) is 141 cm³/mol. The SMILES string of the molecule is O=C(CN(CC1CC1)c1ccc(Cl)c(Cl)c1)N1CCC[C@H](c2ccccc2)[C@@H]1CN1CCCC1. The van der Waals surface area contributed by atoms with E-state index in [4.69, 9.17) is 23.2 Å². The molecule has 1 saturated carbocycles. The van der Waals surface area contributed by atoms with Gasteiger partial charge in [-0.2, -0.15) is 0 Å². The van der Waals surface area contributed by atoms with E-state index in [1.54, 1.807) is 0 Å². The molecular formula is C28H35Cl2N3O. The predicted octanol–water partition coefficient (Wildman–Crippen LogP) is 6.08. The summed E-state index contributed by atoms with van der Waals surface area (Å²) in [7, 11) is 0. The summed E-state index contributed by atoms with van der Waals surface area (Å²) in [5.41, 5.74) is 2.35. The Morgan fingerprint density at radius 1 is 0.912 bits per heavy atom. The smallest absolute Gasteiger partial charge is 0.242 e. The van der Waals surface area contributed by atoms with E-state index < -0.39 is 0 Å². The molecule has 3 fully saturated rings. The molecule has 2 aromatic carbocycles. The lowest BCUT2D eigenvalue weighted by Gasteiger charge is -2.44. The van der Waals surface area contributed by atoms with Gasteiger partial charge in [0.1, 0.15) is 0 Å². The molecule has 0 unspecified atom stereocenters. The van der Waals surface area contributed by atoms with E-state index in [0.29, 0.717) is 28.4 Å². The Hall–Kier alpha value is -1.75. The van der Waals surface area contributed by atoms with Crippen molar-refractivity contribution in [3.05, 3.63) is 64.1 Å². The normalized spacial score (nSPS) is 23.3. The van der Waals surface area contributed by atoms with E-state index in [1.165, 1.54) is 31.2 Å². The van der Waals surface area contributed by atoms with Gasteiger partial charge in [-0.1, -0.05) is 53.5 Å². The zero-order valence-electron chi connectivity index (χ0n) is 19.8. The number of benzene rings is 2. The van der Waals surface area contributed by atoms with Gasteiger partial charge in [0, 0.05) is 31.2 Å². The Kier molecular flexibility index (Phi) is 7.67. The fourth-order valence-corrected chi connectivity index (χ4v) is 6.01. The third kappa shape index (κ3) is 5.72. The van der Waals surface area contributed by atoms with Crippen molar-refractivity contribution in [1.82, 2.24) is 9.80 Å². The summed E-state index contributed by atoms with van der Waals surface area (Å²) in [4.78, 5) is 20.9. The van der Waals surface area contributed by atoms with Crippen LogP contribution in [0.2, 0.25) is 10.0 Å². The zero-order valence-corrected chi connectivity index (χ0v) is 21.4. The van der Waals surface area contributed by atoms with E-state index in [0.717, 1.165) is 51.3 Å². The summed E-state index contributed by atoms with van der Waals surface area (Å²) in [6, 6.07) is 16.8. The number of carbonyl (C=O) groups is 1. The Balaban J connectivity index is 1.38. The highest BCUT2D eigenvalue weighted by Gasteiger charge is 2.37. The van der Waals surface area contributed by atoms with Gasteiger partial charge in [-0.3, -0.25) is 4.79 Å². The molecule has 2 saturated heterocycles. The van der Waals surface area contributed by atoms with Crippen molar-refractivity contribution in [2.45, 2.75) is 50.5 Å². The molecule has 182 valence electrons. The number of likely N-dealkylation sites (tertiary alicyclic amines) is 2. The number of piperidine rings is 1. The number of hydrogen-bond acceptors (Lipinski definition) is 3. The third-order valence-corrected chi connectivity index (χ3v) is 8.48. The van der Waals surface area contributed by atoms with Crippen LogP contribution in [0.3, 0.4) is 0 Å². The molecule has 6 heteroatoms. The summed E-state index contributed by atoms with van der Waals surface area (Å²) in [5, 5.41) is 1.09. The minimum atomic E-state index is 0.221. The molecule has 0 spiro atoms. The first kappa shape index (κ1) is 24.0.